The van der Waals surface area contributed by atoms with Crippen molar-refractivity contribution in [1.29, 1.82) is 0 Å². The Morgan fingerprint density at radius 2 is 1.96 bits per heavy atom. The molecular formula is C18H26N4O. The van der Waals surface area contributed by atoms with Crippen molar-refractivity contribution in [3.63, 3.8) is 0 Å². The maximum atomic E-state index is 5.82. The first kappa shape index (κ1) is 17.1. The van der Waals surface area contributed by atoms with Crippen molar-refractivity contribution >= 4 is 17.5 Å². The molecule has 1 heterocycles. The number of benzene rings is 1. The van der Waals surface area contributed by atoms with E-state index in [0.717, 1.165) is 42.3 Å². The minimum absolute atomic E-state index is 0.114. The van der Waals surface area contributed by atoms with E-state index in [2.05, 4.69) is 27.5 Å². The van der Waals surface area contributed by atoms with Gasteiger partial charge in [0.2, 0.25) is 5.95 Å². The second-order valence-corrected chi connectivity index (χ2v) is 5.79. The van der Waals surface area contributed by atoms with Gasteiger partial charge in [-0.3, -0.25) is 0 Å². The van der Waals surface area contributed by atoms with E-state index in [1.165, 1.54) is 0 Å². The van der Waals surface area contributed by atoms with Gasteiger partial charge in [-0.2, -0.15) is 4.98 Å². The number of rotatable bonds is 8. The SMILES string of the molecule is CCCCNc1cc(C)nc(Nc2ccccc2OC(C)C)n1. The Balaban J connectivity index is 2.16. The molecule has 23 heavy (non-hydrogen) atoms. The largest absolute Gasteiger partial charge is 0.489 e. The van der Waals surface area contributed by atoms with Gasteiger partial charge >= 0.3 is 0 Å². The molecule has 0 atom stereocenters. The fourth-order valence-corrected chi connectivity index (χ4v) is 2.16. The van der Waals surface area contributed by atoms with E-state index in [1.807, 2.05) is 51.1 Å². The Hall–Kier alpha value is -2.30. The average Bonchev–Trinajstić information content (AvgIpc) is 2.48. The molecule has 0 saturated heterocycles. The van der Waals surface area contributed by atoms with Gasteiger partial charge in [-0.15, -0.1) is 0 Å². The molecule has 0 spiro atoms. The monoisotopic (exact) mass is 314 g/mol. The molecule has 0 aliphatic rings. The Bertz CT molecular complexity index is 628. The van der Waals surface area contributed by atoms with Gasteiger partial charge < -0.3 is 15.4 Å². The van der Waals surface area contributed by atoms with Crippen LogP contribution in [0.15, 0.2) is 30.3 Å². The normalized spacial score (nSPS) is 10.7. The van der Waals surface area contributed by atoms with Crippen LogP contribution >= 0.6 is 0 Å². The van der Waals surface area contributed by atoms with Gasteiger partial charge in [0.15, 0.2) is 0 Å². The lowest BCUT2D eigenvalue weighted by Crippen LogP contribution is -2.09. The third-order valence-electron chi connectivity index (χ3n) is 3.19. The Labute approximate surface area is 138 Å². The van der Waals surface area contributed by atoms with E-state index in [0.29, 0.717) is 5.95 Å². The molecule has 1 aromatic heterocycles. The van der Waals surface area contributed by atoms with Crippen LogP contribution < -0.4 is 15.4 Å². The number of aromatic nitrogens is 2. The van der Waals surface area contributed by atoms with E-state index in [-0.39, 0.29) is 6.10 Å². The summed E-state index contributed by atoms with van der Waals surface area (Å²) < 4.78 is 5.82. The smallest absolute Gasteiger partial charge is 0.229 e. The van der Waals surface area contributed by atoms with Gasteiger partial charge in [-0.25, -0.2) is 4.98 Å². The fourth-order valence-electron chi connectivity index (χ4n) is 2.16. The number of nitrogens with one attached hydrogen (secondary N) is 2. The zero-order chi connectivity index (χ0) is 16.7. The summed E-state index contributed by atoms with van der Waals surface area (Å²) >= 11 is 0. The van der Waals surface area contributed by atoms with Crippen LogP contribution in [0.5, 0.6) is 5.75 Å². The summed E-state index contributed by atoms with van der Waals surface area (Å²) in [6, 6.07) is 9.78. The molecule has 0 fully saturated rings. The number of hydrogen-bond acceptors (Lipinski definition) is 5. The molecule has 5 heteroatoms. The number of anilines is 3. The molecule has 2 rings (SSSR count). The summed E-state index contributed by atoms with van der Waals surface area (Å²) in [4.78, 5) is 8.99. The van der Waals surface area contributed by atoms with Crippen LogP contribution in [0.3, 0.4) is 0 Å². The maximum Gasteiger partial charge on any atom is 0.229 e. The van der Waals surface area contributed by atoms with E-state index in [9.17, 15) is 0 Å². The lowest BCUT2D eigenvalue weighted by molar-refractivity contribution is 0.244. The molecule has 0 unspecified atom stereocenters. The number of aryl methyl sites for hydroxylation is 1. The van der Waals surface area contributed by atoms with Crippen LogP contribution in [-0.4, -0.2) is 22.6 Å². The quantitative estimate of drug-likeness (QED) is 0.701. The molecule has 0 bridgehead atoms. The highest BCUT2D eigenvalue weighted by atomic mass is 16.5. The summed E-state index contributed by atoms with van der Waals surface area (Å²) in [5.41, 5.74) is 1.79. The predicted molar refractivity (Wildman–Crippen MR) is 95.7 cm³/mol. The van der Waals surface area contributed by atoms with Crippen LogP contribution in [0, 0.1) is 6.92 Å². The first-order chi connectivity index (χ1) is 11.1. The molecule has 0 aliphatic heterocycles. The number of hydrogen-bond donors (Lipinski definition) is 2. The Morgan fingerprint density at radius 3 is 2.70 bits per heavy atom. The second-order valence-electron chi connectivity index (χ2n) is 5.79. The standard InChI is InChI=1S/C18H26N4O/c1-5-6-11-19-17-12-14(4)20-18(22-17)21-15-9-7-8-10-16(15)23-13(2)3/h7-10,12-13H,5-6,11H2,1-4H3,(H2,19,20,21,22). The average molecular weight is 314 g/mol. The molecule has 1 aromatic carbocycles. The molecule has 124 valence electrons. The molecule has 2 aromatic rings. The molecule has 0 saturated carbocycles. The van der Waals surface area contributed by atoms with Crippen molar-refractivity contribution in [2.45, 2.75) is 46.6 Å². The van der Waals surface area contributed by atoms with Crippen LogP contribution in [-0.2, 0) is 0 Å². The van der Waals surface area contributed by atoms with Gasteiger partial charge in [0.05, 0.1) is 11.8 Å². The summed E-state index contributed by atoms with van der Waals surface area (Å²) in [6.07, 6.45) is 2.39. The molecule has 0 amide bonds. The van der Waals surface area contributed by atoms with E-state index in [1.54, 1.807) is 0 Å². The van der Waals surface area contributed by atoms with E-state index >= 15 is 0 Å². The first-order valence-electron chi connectivity index (χ1n) is 8.20. The minimum Gasteiger partial charge on any atom is -0.489 e. The lowest BCUT2D eigenvalue weighted by atomic mass is 10.3. The third-order valence-corrected chi connectivity index (χ3v) is 3.19. The predicted octanol–water partition coefficient (Wildman–Crippen LogP) is 4.53. The van der Waals surface area contributed by atoms with Gasteiger partial charge in [0.1, 0.15) is 11.6 Å². The van der Waals surface area contributed by atoms with Gasteiger partial charge in [0, 0.05) is 18.3 Å². The molecule has 0 aliphatic carbocycles. The lowest BCUT2D eigenvalue weighted by Gasteiger charge is -2.15. The van der Waals surface area contributed by atoms with Crippen molar-refractivity contribution in [2.75, 3.05) is 17.2 Å². The second kappa shape index (κ2) is 8.36. The highest BCUT2D eigenvalue weighted by Gasteiger charge is 2.08. The highest BCUT2D eigenvalue weighted by Crippen LogP contribution is 2.27. The fraction of sp³-hybridized carbons (Fsp3) is 0.444. The van der Waals surface area contributed by atoms with Crippen molar-refractivity contribution in [3.8, 4) is 5.75 Å². The summed E-state index contributed by atoms with van der Waals surface area (Å²) in [6.45, 7) is 9.07. The third kappa shape index (κ3) is 5.43. The van der Waals surface area contributed by atoms with Gasteiger partial charge in [-0.1, -0.05) is 25.5 Å². The van der Waals surface area contributed by atoms with Crippen molar-refractivity contribution in [2.24, 2.45) is 0 Å². The summed E-state index contributed by atoms with van der Waals surface area (Å²) in [7, 11) is 0. The summed E-state index contributed by atoms with van der Waals surface area (Å²) in [5, 5.41) is 6.60. The molecule has 2 N–H and O–H groups in total. The topological polar surface area (TPSA) is 59.1 Å². The van der Waals surface area contributed by atoms with Crippen molar-refractivity contribution in [1.82, 2.24) is 9.97 Å². The molecule has 5 nitrogen and oxygen atoms in total. The zero-order valence-corrected chi connectivity index (χ0v) is 14.4. The number of ether oxygens (including phenoxy) is 1. The molecule has 0 radical (unpaired) electrons. The number of para-hydroxylation sites is 2. The number of nitrogens with zero attached hydrogens (tertiary/aromatic N) is 2. The highest BCUT2D eigenvalue weighted by molar-refractivity contribution is 5.63. The zero-order valence-electron chi connectivity index (χ0n) is 14.4. The van der Waals surface area contributed by atoms with Crippen LogP contribution in [0.4, 0.5) is 17.5 Å². The summed E-state index contributed by atoms with van der Waals surface area (Å²) in [5.74, 6) is 2.22. The van der Waals surface area contributed by atoms with E-state index < -0.39 is 0 Å². The van der Waals surface area contributed by atoms with Crippen LogP contribution in [0.1, 0.15) is 39.3 Å². The van der Waals surface area contributed by atoms with Crippen molar-refractivity contribution < 1.29 is 4.74 Å². The van der Waals surface area contributed by atoms with Crippen molar-refractivity contribution in [3.05, 3.63) is 36.0 Å². The maximum absolute atomic E-state index is 5.82. The Kier molecular flexibility index (Phi) is 6.20. The minimum atomic E-state index is 0.114. The van der Waals surface area contributed by atoms with Gasteiger partial charge in [0.25, 0.3) is 0 Å². The first-order valence-corrected chi connectivity index (χ1v) is 8.20. The van der Waals surface area contributed by atoms with Crippen LogP contribution in [0.2, 0.25) is 0 Å². The Morgan fingerprint density at radius 1 is 1.17 bits per heavy atom. The van der Waals surface area contributed by atoms with E-state index in [4.69, 9.17) is 4.74 Å². The van der Waals surface area contributed by atoms with Crippen LogP contribution in [0.25, 0.3) is 0 Å². The van der Waals surface area contributed by atoms with Gasteiger partial charge in [-0.05, 0) is 39.3 Å². The molecular weight excluding hydrogens is 288 g/mol. The number of unbranched alkanes of at least 4 members (excludes halogenated alkanes) is 1.